The van der Waals surface area contributed by atoms with E-state index in [4.69, 9.17) is 0 Å². The predicted octanol–water partition coefficient (Wildman–Crippen LogP) is -0.377. The minimum Gasteiger partial charge on any atom is -1.00 e. The number of quaternary nitrogens is 1. The monoisotopic (exact) mass is 251 g/mol. The fourth-order valence-corrected chi connectivity index (χ4v) is 1.54. The van der Waals surface area contributed by atoms with E-state index in [0.717, 1.165) is 11.1 Å². The number of hydrogen-bond acceptors (Lipinski definition) is 1. The number of hydrogen-bond donors (Lipinski definition) is 0. The number of rotatable bonds is 4. The predicted molar refractivity (Wildman–Crippen MR) is 67.5 cm³/mol. The molecule has 17 heavy (non-hydrogen) atoms. The normalized spacial score (nSPS) is 10.2. The molecule has 0 radical (unpaired) electrons. The number of amides is 1. The summed E-state index contributed by atoms with van der Waals surface area (Å²) in [4.78, 5) is 11.6. The molecule has 1 aromatic carbocycles. The lowest BCUT2D eigenvalue weighted by molar-refractivity contribution is -0.825. The average molecular weight is 252 g/mol. The molecule has 0 N–H and O–H groups in total. The van der Waals surface area contributed by atoms with Crippen LogP contribution < -0.4 is 12.4 Å². The van der Waals surface area contributed by atoms with Crippen LogP contribution in [0.3, 0.4) is 0 Å². The van der Waals surface area contributed by atoms with Crippen molar-refractivity contribution >= 4 is 12.0 Å². The maximum absolute atomic E-state index is 11.6. The van der Waals surface area contributed by atoms with Crippen molar-refractivity contribution in [3.63, 3.8) is 0 Å². The van der Waals surface area contributed by atoms with E-state index >= 15 is 0 Å². The summed E-state index contributed by atoms with van der Waals surface area (Å²) in [6.45, 7) is 7.89. The summed E-state index contributed by atoms with van der Waals surface area (Å²) in [6.07, 6.45) is 3.18. The van der Waals surface area contributed by atoms with E-state index in [2.05, 4.69) is 13.2 Å². The minimum absolute atomic E-state index is 0. The van der Waals surface area contributed by atoms with Crippen LogP contribution in [0.2, 0.25) is 0 Å². The third-order valence-corrected chi connectivity index (χ3v) is 2.56. The van der Waals surface area contributed by atoms with Crippen molar-refractivity contribution in [3.8, 4) is 0 Å². The molecule has 0 heterocycles. The molecule has 92 valence electrons. The van der Waals surface area contributed by atoms with Crippen LogP contribution in [0.25, 0.3) is 6.08 Å². The van der Waals surface area contributed by atoms with Gasteiger partial charge in [-0.1, -0.05) is 43.5 Å². The number of likely N-dealkylation sites (N-methyl/N-ethyl adjacent to an activating group) is 1. The first-order valence-electron chi connectivity index (χ1n) is 5.21. The number of nitrogens with zero attached hydrogens (tertiary/aromatic N) is 1. The molecule has 0 spiro atoms. The highest BCUT2D eigenvalue weighted by atomic mass is 35.5. The summed E-state index contributed by atoms with van der Waals surface area (Å²) in [5.41, 5.74) is 2.22. The maximum atomic E-state index is 11.6. The van der Waals surface area contributed by atoms with Gasteiger partial charge in [-0.2, -0.15) is 0 Å². The molecule has 0 atom stereocenters. The van der Waals surface area contributed by atoms with Crippen LogP contribution in [0.4, 0.5) is 0 Å². The highest BCUT2D eigenvalue weighted by Crippen LogP contribution is 2.12. The van der Waals surface area contributed by atoms with Gasteiger partial charge in [0.2, 0.25) is 0 Å². The van der Waals surface area contributed by atoms with Crippen molar-refractivity contribution in [2.75, 3.05) is 14.1 Å². The second kappa shape index (κ2) is 6.38. The highest BCUT2D eigenvalue weighted by molar-refractivity contribution is 5.80. The summed E-state index contributed by atoms with van der Waals surface area (Å²) in [7, 11) is 3.76. The largest absolute Gasteiger partial charge is 1.00 e. The molecule has 1 rings (SSSR count). The lowest BCUT2D eigenvalue weighted by atomic mass is 10.1. The lowest BCUT2D eigenvalue weighted by Crippen LogP contribution is -3.00. The van der Waals surface area contributed by atoms with E-state index in [1.165, 1.54) is 6.08 Å². The van der Waals surface area contributed by atoms with E-state index in [1.54, 1.807) is 6.08 Å². The summed E-state index contributed by atoms with van der Waals surface area (Å²) in [5, 5.41) is 0. The topological polar surface area (TPSA) is 17.1 Å². The molecule has 0 fully saturated rings. The number of benzene rings is 1. The average Bonchev–Trinajstić information content (AvgIpc) is 2.28. The third-order valence-electron chi connectivity index (χ3n) is 2.56. The molecule has 0 aliphatic carbocycles. The standard InChI is InChI=1S/C14H18NO.ClH/c1-5-12-7-9-13(10-8-12)11-15(3,4)14(16)6-2;/h5-10H,1-2,11H2,3-4H3;1H/q+1;/p-1. The van der Waals surface area contributed by atoms with Gasteiger partial charge in [-0.3, -0.25) is 4.48 Å². The van der Waals surface area contributed by atoms with Crippen LogP contribution in [0.5, 0.6) is 0 Å². The number of carbonyl (C=O) groups is 1. The smallest absolute Gasteiger partial charge is 0.337 e. The van der Waals surface area contributed by atoms with E-state index in [-0.39, 0.29) is 22.8 Å². The molecular weight excluding hydrogens is 234 g/mol. The Morgan fingerprint density at radius 3 is 2.18 bits per heavy atom. The van der Waals surface area contributed by atoms with Crippen molar-refractivity contribution in [2.45, 2.75) is 6.54 Å². The summed E-state index contributed by atoms with van der Waals surface area (Å²) in [5.74, 6) is 0.0211. The molecule has 0 saturated heterocycles. The van der Waals surface area contributed by atoms with Crippen LogP contribution in [-0.4, -0.2) is 24.5 Å². The van der Waals surface area contributed by atoms with E-state index in [1.807, 2.05) is 38.4 Å². The van der Waals surface area contributed by atoms with E-state index in [0.29, 0.717) is 6.54 Å². The fraction of sp³-hybridized carbons (Fsp3) is 0.214. The van der Waals surface area contributed by atoms with E-state index < -0.39 is 0 Å². The zero-order chi connectivity index (χ0) is 12.2. The van der Waals surface area contributed by atoms with Gasteiger partial charge in [0.1, 0.15) is 6.54 Å². The number of halogens is 1. The van der Waals surface area contributed by atoms with Crippen molar-refractivity contribution in [1.29, 1.82) is 0 Å². The molecule has 0 aliphatic rings. The minimum atomic E-state index is 0. The summed E-state index contributed by atoms with van der Waals surface area (Å²) in [6, 6.07) is 8.04. The quantitative estimate of drug-likeness (QED) is 0.527. The van der Waals surface area contributed by atoms with Crippen molar-refractivity contribution < 1.29 is 21.7 Å². The van der Waals surface area contributed by atoms with Gasteiger partial charge < -0.3 is 12.4 Å². The van der Waals surface area contributed by atoms with Crippen LogP contribution in [0.1, 0.15) is 11.1 Å². The van der Waals surface area contributed by atoms with Crippen molar-refractivity contribution in [1.82, 2.24) is 0 Å². The summed E-state index contributed by atoms with van der Waals surface area (Å²) < 4.78 is 0.289. The molecule has 2 nitrogen and oxygen atoms in total. The Balaban J connectivity index is 0.00000256. The second-order valence-corrected chi connectivity index (χ2v) is 4.33. The molecule has 0 bridgehead atoms. The zero-order valence-corrected chi connectivity index (χ0v) is 11.1. The second-order valence-electron chi connectivity index (χ2n) is 4.33. The molecule has 0 saturated carbocycles. The molecule has 3 heteroatoms. The molecule has 0 aromatic heterocycles. The fourth-order valence-electron chi connectivity index (χ4n) is 1.54. The molecule has 1 aromatic rings. The van der Waals surface area contributed by atoms with Gasteiger partial charge in [0, 0.05) is 11.6 Å². The Labute approximate surface area is 109 Å². The Morgan fingerprint density at radius 1 is 1.24 bits per heavy atom. The molecular formula is C14H18ClNO. The van der Waals surface area contributed by atoms with Gasteiger partial charge >= 0.3 is 5.91 Å². The van der Waals surface area contributed by atoms with Crippen molar-refractivity contribution in [2.24, 2.45) is 0 Å². The Bertz CT molecular complexity index is 407. The van der Waals surface area contributed by atoms with Crippen LogP contribution in [0.15, 0.2) is 43.5 Å². The Morgan fingerprint density at radius 2 is 1.76 bits per heavy atom. The van der Waals surface area contributed by atoms with Gasteiger partial charge in [-0.05, 0) is 5.56 Å². The van der Waals surface area contributed by atoms with Gasteiger partial charge in [0.15, 0.2) is 0 Å². The summed E-state index contributed by atoms with van der Waals surface area (Å²) >= 11 is 0. The maximum Gasteiger partial charge on any atom is 0.337 e. The molecule has 1 amide bonds. The van der Waals surface area contributed by atoms with Crippen LogP contribution >= 0.6 is 0 Å². The first kappa shape index (κ1) is 15.6. The molecule has 0 aliphatic heterocycles. The highest BCUT2D eigenvalue weighted by Gasteiger charge is 2.23. The first-order valence-corrected chi connectivity index (χ1v) is 5.21. The van der Waals surface area contributed by atoms with Crippen molar-refractivity contribution in [3.05, 3.63) is 54.6 Å². The van der Waals surface area contributed by atoms with Crippen LogP contribution in [-0.2, 0) is 11.3 Å². The Hall–Kier alpha value is -1.38. The van der Waals surface area contributed by atoms with Gasteiger partial charge in [0.05, 0.1) is 14.1 Å². The number of carbonyl (C=O) groups excluding carboxylic acids is 1. The Kier molecular flexibility index (Phi) is 5.86. The van der Waals surface area contributed by atoms with Gasteiger partial charge in [-0.25, -0.2) is 4.79 Å². The van der Waals surface area contributed by atoms with Gasteiger partial charge in [0.25, 0.3) is 0 Å². The lowest BCUT2D eigenvalue weighted by Gasteiger charge is -2.25. The van der Waals surface area contributed by atoms with Crippen LogP contribution in [0, 0.1) is 0 Å². The van der Waals surface area contributed by atoms with Gasteiger partial charge in [-0.15, -0.1) is 0 Å². The molecule has 0 unspecified atom stereocenters. The van der Waals surface area contributed by atoms with E-state index in [9.17, 15) is 4.79 Å². The zero-order valence-electron chi connectivity index (χ0n) is 10.3. The SMILES string of the molecule is C=CC(=O)[N+](C)(C)Cc1ccc(C=C)cc1.[Cl-]. The first-order chi connectivity index (χ1) is 7.49. The third kappa shape index (κ3) is 4.17.